The molecule has 0 aliphatic rings. The molecule has 0 aliphatic carbocycles. The Morgan fingerprint density at radius 2 is 1.81 bits per heavy atom. The van der Waals surface area contributed by atoms with Crippen molar-refractivity contribution in [2.45, 2.75) is 0 Å². The summed E-state index contributed by atoms with van der Waals surface area (Å²) in [7, 11) is 0. The third-order valence-corrected chi connectivity index (χ3v) is 4.92. The number of halogens is 2. The van der Waals surface area contributed by atoms with Crippen LogP contribution in [0.3, 0.4) is 0 Å². The van der Waals surface area contributed by atoms with Crippen molar-refractivity contribution in [1.29, 1.82) is 0 Å². The minimum Gasteiger partial charge on any atom is -0.484 e. The highest BCUT2D eigenvalue weighted by Gasteiger charge is 2.12. The van der Waals surface area contributed by atoms with E-state index in [9.17, 15) is 14.0 Å². The summed E-state index contributed by atoms with van der Waals surface area (Å²) in [5.41, 5.74) is 0.413. The first-order valence-electron chi connectivity index (χ1n) is 9.16. The molecular formula is C23H15BrFNO5. The van der Waals surface area contributed by atoms with Crippen LogP contribution in [0.2, 0.25) is 0 Å². The number of fused-ring (bicyclic) bond motifs is 1. The highest BCUT2D eigenvalue weighted by molar-refractivity contribution is 9.10. The smallest absolute Gasteiger partial charge is 0.262 e. The van der Waals surface area contributed by atoms with E-state index >= 15 is 0 Å². The number of benzene rings is 3. The van der Waals surface area contributed by atoms with Gasteiger partial charge in [0.1, 0.15) is 29.2 Å². The molecular weight excluding hydrogens is 469 g/mol. The molecule has 0 atom stereocenters. The summed E-state index contributed by atoms with van der Waals surface area (Å²) >= 11 is 3.37. The molecule has 1 heterocycles. The van der Waals surface area contributed by atoms with Crippen LogP contribution in [0.25, 0.3) is 11.0 Å². The highest BCUT2D eigenvalue weighted by Crippen LogP contribution is 2.29. The molecule has 4 aromatic rings. The van der Waals surface area contributed by atoms with Crippen molar-refractivity contribution >= 4 is 38.5 Å². The number of para-hydroxylation sites is 1. The van der Waals surface area contributed by atoms with E-state index in [4.69, 9.17) is 13.9 Å². The monoisotopic (exact) mass is 483 g/mol. The zero-order chi connectivity index (χ0) is 21.8. The van der Waals surface area contributed by atoms with Gasteiger partial charge in [0.2, 0.25) is 11.2 Å². The summed E-state index contributed by atoms with van der Waals surface area (Å²) in [6.45, 7) is -0.268. The largest absolute Gasteiger partial charge is 0.484 e. The number of anilines is 1. The van der Waals surface area contributed by atoms with E-state index in [1.165, 1.54) is 36.6 Å². The first kappa shape index (κ1) is 20.6. The average Bonchev–Trinajstić information content (AvgIpc) is 2.77. The maximum absolute atomic E-state index is 12.9. The molecule has 1 aromatic heterocycles. The van der Waals surface area contributed by atoms with Gasteiger partial charge in [0, 0.05) is 11.8 Å². The van der Waals surface area contributed by atoms with Crippen molar-refractivity contribution in [3.8, 4) is 17.2 Å². The molecule has 1 amide bonds. The highest BCUT2D eigenvalue weighted by atomic mass is 79.9. The van der Waals surface area contributed by atoms with E-state index in [0.717, 1.165) is 0 Å². The standard InChI is InChI=1S/C23H15BrFNO5/c24-18-3-1-2-4-19(18)31-21-12-30-20-11-16(9-10-17(20)23(21)28)29-13-22(27)26-15-7-5-14(25)6-8-15/h1-12H,13H2,(H,26,27). The Bertz CT molecular complexity index is 1300. The number of nitrogens with one attached hydrogen (secondary N) is 1. The third-order valence-electron chi connectivity index (χ3n) is 4.27. The van der Waals surface area contributed by atoms with E-state index in [0.29, 0.717) is 32.6 Å². The minimum absolute atomic E-state index is 0.0479. The van der Waals surface area contributed by atoms with Crippen LogP contribution in [0.4, 0.5) is 10.1 Å². The van der Waals surface area contributed by atoms with Gasteiger partial charge in [-0.15, -0.1) is 0 Å². The van der Waals surface area contributed by atoms with Crippen LogP contribution in [0.1, 0.15) is 0 Å². The van der Waals surface area contributed by atoms with Crippen molar-refractivity contribution in [2.24, 2.45) is 0 Å². The second kappa shape index (κ2) is 9.01. The molecule has 0 spiro atoms. The van der Waals surface area contributed by atoms with Crippen molar-refractivity contribution in [3.63, 3.8) is 0 Å². The molecule has 8 heteroatoms. The van der Waals surface area contributed by atoms with E-state index in [-0.39, 0.29) is 17.8 Å². The molecule has 0 unspecified atom stereocenters. The molecule has 0 fully saturated rings. The van der Waals surface area contributed by atoms with Gasteiger partial charge in [0.15, 0.2) is 6.61 Å². The van der Waals surface area contributed by atoms with Crippen LogP contribution in [0.5, 0.6) is 17.2 Å². The predicted octanol–water partition coefficient (Wildman–Crippen LogP) is 5.50. The summed E-state index contributed by atoms with van der Waals surface area (Å²) in [6.07, 6.45) is 1.23. The quantitative estimate of drug-likeness (QED) is 0.391. The molecule has 0 bridgehead atoms. The topological polar surface area (TPSA) is 77.8 Å². The molecule has 0 radical (unpaired) electrons. The lowest BCUT2D eigenvalue weighted by Gasteiger charge is -2.09. The lowest BCUT2D eigenvalue weighted by atomic mass is 10.2. The van der Waals surface area contributed by atoms with Gasteiger partial charge in [0.25, 0.3) is 5.91 Å². The molecule has 31 heavy (non-hydrogen) atoms. The van der Waals surface area contributed by atoms with Gasteiger partial charge < -0.3 is 19.2 Å². The van der Waals surface area contributed by atoms with Crippen LogP contribution >= 0.6 is 15.9 Å². The second-order valence-electron chi connectivity index (χ2n) is 6.46. The number of carbonyl (C=O) groups excluding carboxylic acids is 1. The minimum atomic E-state index is -0.412. The summed E-state index contributed by atoms with van der Waals surface area (Å²) in [5.74, 6) is 0.0830. The first-order chi connectivity index (χ1) is 15.0. The molecule has 0 saturated heterocycles. The van der Waals surface area contributed by atoms with Crippen LogP contribution in [0, 0.1) is 5.82 Å². The number of hydrogen-bond acceptors (Lipinski definition) is 5. The Labute approximate surface area is 184 Å². The van der Waals surface area contributed by atoms with Gasteiger partial charge in [0.05, 0.1) is 9.86 Å². The van der Waals surface area contributed by atoms with Crippen molar-refractivity contribution in [1.82, 2.24) is 0 Å². The normalized spacial score (nSPS) is 10.6. The Balaban J connectivity index is 1.46. The summed E-state index contributed by atoms with van der Waals surface area (Å²) in [4.78, 5) is 24.7. The number of carbonyl (C=O) groups is 1. The maximum Gasteiger partial charge on any atom is 0.262 e. The fourth-order valence-electron chi connectivity index (χ4n) is 2.78. The SMILES string of the molecule is O=C(COc1ccc2c(=O)c(Oc3ccccc3Br)coc2c1)Nc1ccc(F)cc1. The van der Waals surface area contributed by atoms with E-state index in [1.807, 2.05) is 6.07 Å². The molecule has 156 valence electrons. The van der Waals surface area contributed by atoms with Crippen molar-refractivity contribution in [3.05, 3.63) is 93.5 Å². The Morgan fingerprint density at radius 3 is 2.58 bits per heavy atom. The third kappa shape index (κ3) is 4.92. The van der Waals surface area contributed by atoms with Crippen LogP contribution in [-0.2, 0) is 4.79 Å². The molecule has 1 N–H and O–H groups in total. The summed E-state index contributed by atoms with van der Waals surface area (Å²) < 4.78 is 30.3. The predicted molar refractivity (Wildman–Crippen MR) is 117 cm³/mol. The Morgan fingerprint density at radius 1 is 1.03 bits per heavy atom. The fraction of sp³-hybridized carbons (Fsp3) is 0.0435. The maximum atomic E-state index is 12.9. The molecule has 3 aromatic carbocycles. The first-order valence-corrected chi connectivity index (χ1v) is 9.95. The number of amides is 1. The zero-order valence-electron chi connectivity index (χ0n) is 15.9. The fourth-order valence-corrected chi connectivity index (χ4v) is 3.14. The molecule has 4 rings (SSSR count). The number of hydrogen-bond donors (Lipinski definition) is 1. The van der Waals surface area contributed by atoms with Crippen molar-refractivity contribution < 1.29 is 23.1 Å². The lowest BCUT2D eigenvalue weighted by molar-refractivity contribution is -0.118. The zero-order valence-corrected chi connectivity index (χ0v) is 17.5. The van der Waals surface area contributed by atoms with Gasteiger partial charge in [-0.05, 0) is 64.5 Å². The van der Waals surface area contributed by atoms with E-state index in [2.05, 4.69) is 21.2 Å². The van der Waals surface area contributed by atoms with E-state index < -0.39 is 11.7 Å². The number of ether oxygens (including phenoxy) is 2. The van der Waals surface area contributed by atoms with Gasteiger partial charge in [-0.1, -0.05) is 12.1 Å². The van der Waals surface area contributed by atoms with Gasteiger partial charge >= 0.3 is 0 Å². The summed E-state index contributed by atoms with van der Waals surface area (Å²) in [6, 6.07) is 17.2. The second-order valence-corrected chi connectivity index (χ2v) is 7.32. The van der Waals surface area contributed by atoms with Crippen LogP contribution in [0.15, 0.2) is 86.7 Å². The Hall–Kier alpha value is -3.65. The average molecular weight is 484 g/mol. The summed E-state index contributed by atoms with van der Waals surface area (Å²) in [5, 5.41) is 2.91. The molecule has 6 nitrogen and oxygen atoms in total. The van der Waals surface area contributed by atoms with Gasteiger partial charge in [-0.2, -0.15) is 0 Å². The van der Waals surface area contributed by atoms with Crippen molar-refractivity contribution in [2.75, 3.05) is 11.9 Å². The number of rotatable bonds is 6. The molecule has 0 aliphatic heterocycles. The van der Waals surface area contributed by atoms with Crippen LogP contribution in [-0.4, -0.2) is 12.5 Å². The van der Waals surface area contributed by atoms with Crippen LogP contribution < -0.4 is 20.2 Å². The van der Waals surface area contributed by atoms with Gasteiger partial charge in [-0.3, -0.25) is 9.59 Å². The van der Waals surface area contributed by atoms with E-state index in [1.54, 1.807) is 30.3 Å². The van der Waals surface area contributed by atoms with Gasteiger partial charge in [-0.25, -0.2) is 4.39 Å². The molecule has 0 saturated carbocycles. The lowest BCUT2D eigenvalue weighted by Crippen LogP contribution is -2.20. The Kier molecular flexibility index (Phi) is 5.99.